The summed E-state index contributed by atoms with van der Waals surface area (Å²) >= 11 is -1.86. The number of anilines is 1. The zero-order chi connectivity index (χ0) is 21.8. The van der Waals surface area contributed by atoms with Crippen LogP contribution < -0.4 is 5.32 Å². The number of hydrogen-bond donors (Lipinski definition) is 2. The molecule has 31 heavy (non-hydrogen) atoms. The van der Waals surface area contributed by atoms with Crippen molar-refractivity contribution in [2.45, 2.75) is 18.7 Å². The van der Waals surface area contributed by atoms with Crippen LogP contribution in [0.1, 0.15) is 29.8 Å². The van der Waals surface area contributed by atoms with Crippen LogP contribution in [-0.2, 0) is 16.8 Å². The van der Waals surface area contributed by atoms with Gasteiger partial charge < -0.3 is 9.87 Å². The largest absolute Gasteiger partial charge is 0.376 e. The summed E-state index contributed by atoms with van der Waals surface area (Å²) in [5, 5.41) is 22.2. The van der Waals surface area contributed by atoms with E-state index in [1.165, 1.54) is 0 Å². The average Bonchev–Trinajstić information content (AvgIpc) is 2.79. The Kier molecular flexibility index (Phi) is 6.03. The molecule has 0 aliphatic heterocycles. The van der Waals surface area contributed by atoms with E-state index < -0.39 is 11.1 Å². The van der Waals surface area contributed by atoms with E-state index in [9.17, 15) is 9.47 Å². The van der Waals surface area contributed by atoms with Crippen LogP contribution in [0.5, 0.6) is 0 Å². The van der Waals surface area contributed by atoms with Gasteiger partial charge in [0.05, 0.1) is 17.0 Å². The molecule has 0 saturated heterocycles. The second-order valence-electron chi connectivity index (χ2n) is 7.21. The van der Waals surface area contributed by atoms with Gasteiger partial charge >= 0.3 is 0 Å². The van der Waals surface area contributed by atoms with Crippen LogP contribution in [-0.4, -0.2) is 19.0 Å². The molecule has 6 nitrogen and oxygen atoms in total. The molecule has 3 aromatic carbocycles. The van der Waals surface area contributed by atoms with Gasteiger partial charge in [0.2, 0.25) is 0 Å². The normalized spacial score (nSPS) is 12.8. The minimum Gasteiger partial charge on any atom is -0.376 e. The van der Waals surface area contributed by atoms with Crippen molar-refractivity contribution in [3.8, 4) is 17.2 Å². The minimum absolute atomic E-state index is 0.00926. The molecule has 2 N–H and O–H groups in total. The van der Waals surface area contributed by atoms with Crippen LogP contribution in [0.4, 0.5) is 5.69 Å². The van der Waals surface area contributed by atoms with Crippen molar-refractivity contribution >= 4 is 27.7 Å². The van der Waals surface area contributed by atoms with E-state index in [0.29, 0.717) is 11.2 Å². The fourth-order valence-electron chi connectivity index (χ4n) is 3.49. The number of aromatic nitrogens is 2. The summed E-state index contributed by atoms with van der Waals surface area (Å²) in [6.45, 7) is 2.04. The summed E-state index contributed by atoms with van der Waals surface area (Å²) in [5.74, 6) is 0.106. The standard InChI is InChI=1S/C24H20N4O2S/c1-16(18-5-3-2-4-6-18)26-24-21-12-11-20(13-22(21)27-28-23(24)14-25)19-9-7-17(8-10-19)15-31(29)30/h2-13,16H,15H2,1H3,(H,26,27)(H,29,30)/t16-/m1/s1. The maximum absolute atomic E-state index is 11.0. The van der Waals surface area contributed by atoms with Crippen molar-refractivity contribution in [2.75, 3.05) is 5.32 Å². The van der Waals surface area contributed by atoms with Crippen molar-refractivity contribution in [1.29, 1.82) is 5.26 Å². The Labute approximate surface area is 182 Å². The van der Waals surface area contributed by atoms with Gasteiger partial charge in [-0.15, -0.1) is 10.2 Å². The highest BCUT2D eigenvalue weighted by Gasteiger charge is 2.15. The van der Waals surface area contributed by atoms with Gasteiger partial charge in [-0.1, -0.05) is 60.7 Å². The maximum atomic E-state index is 11.0. The van der Waals surface area contributed by atoms with Gasteiger partial charge in [-0.25, -0.2) is 4.21 Å². The molecule has 2 atom stereocenters. The van der Waals surface area contributed by atoms with Crippen molar-refractivity contribution in [3.05, 3.63) is 89.6 Å². The summed E-state index contributed by atoms with van der Waals surface area (Å²) in [4.78, 5) is 0. The highest BCUT2D eigenvalue weighted by atomic mass is 32.2. The first-order chi connectivity index (χ1) is 15.0. The fraction of sp³-hybridized carbons (Fsp3) is 0.125. The zero-order valence-corrected chi connectivity index (χ0v) is 17.6. The van der Waals surface area contributed by atoms with Crippen molar-refractivity contribution in [2.24, 2.45) is 0 Å². The van der Waals surface area contributed by atoms with E-state index in [1.54, 1.807) is 0 Å². The summed E-state index contributed by atoms with van der Waals surface area (Å²) in [6, 6.07) is 25.5. The van der Waals surface area contributed by atoms with Gasteiger partial charge in [0.1, 0.15) is 6.07 Å². The third-order valence-electron chi connectivity index (χ3n) is 5.11. The predicted molar refractivity (Wildman–Crippen MR) is 123 cm³/mol. The molecule has 0 aliphatic carbocycles. The predicted octanol–water partition coefficient (Wildman–Crippen LogP) is 5.06. The SMILES string of the molecule is C[C@@H](Nc1c(C#N)nnc2cc(-c3ccc(CS(=O)O)cc3)ccc12)c1ccccc1. The molecule has 0 amide bonds. The number of nitrogens with one attached hydrogen (secondary N) is 1. The zero-order valence-electron chi connectivity index (χ0n) is 16.8. The van der Waals surface area contributed by atoms with Gasteiger partial charge in [0.25, 0.3) is 0 Å². The molecule has 4 rings (SSSR count). The molecule has 0 bridgehead atoms. The molecular weight excluding hydrogens is 408 g/mol. The van der Waals surface area contributed by atoms with Crippen molar-refractivity contribution in [3.63, 3.8) is 0 Å². The Balaban J connectivity index is 1.69. The van der Waals surface area contributed by atoms with E-state index in [-0.39, 0.29) is 17.5 Å². The van der Waals surface area contributed by atoms with Crippen LogP contribution in [0, 0.1) is 11.3 Å². The Morgan fingerprint density at radius 2 is 1.74 bits per heavy atom. The highest BCUT2D eigenvalue weighted by molar-refractivity contribution is 7.78. The number of rotatable bonds is 6. The first-order valence-electron chi connectivity index (χ1n) is 9.74. The second kappa shape index (κ2) is 9.04. The minimum atomic E-state index is -1.86. The molecule has 0 radical (unpaired) electrons. The van der Waals surface area contributed by atoms with Crippen LogP contribution in [0.15, 0.2) is 72.8 Å². The molecule has 0 fully saturated rings. The van der Waals surface area contributed by atoms with Crippen molar-refractivity contribution < 1.29 is 8.76 Å². The number of fused-ring (bicyclic) bond motifs is 1. The lowest BCUT2D eigenvalue weighted by atomic mass is 10.0. The second-order valence-corrected chi connectivity index (χ2v) is 8.14. The van der Waals surface area contributed by atoms with Gasteiger partial charge in [-0.05, 0) is 41.3 Å². The first kappa shape index (κ1) is 20.7. The Hall–Kier alpha value is -3.60. The van der Waals surface area contributed by atoms with E-state index in [4.69, 9.17) is 4.55 Å². The first-order valence-corrected chi connectivity index (χ1v) is 11.0. The van der Waals surface area contributed by atoms with Gasteiger partial charge in [0, 0.05) is 11.4 Å². The smallest absolute Gasteiger partial charge is 0.186 e. The molecule has 1 heterocycles. The lowest BCUT2D eigenvalue weighted by Crippen LogP contribution is -2.09. The lowest BCUT2D eigenvalue weighted by molar-refractivity contribution is 0.563. The molecule has 0 saturated carbocycles. The average molecular weight is 429 g/mol. The van der Waals surface area contributed by atoms with E-state index in [0.717, 1.165) is 27.6 Å². The molecule has 0 aliphatic rings. The molecule has 4 aromatic rings. The molecule has 1 unspecified atom stereocenters. The topological polar surface area (TPSA) is 98.9 Å². The van der Waals surface area contributed by atoms with Crippen LogP contribution >= 0.6 is 0 Å². The Morgan fingerprint density at radius 3 is 2.42 bits per heavy atom. The monoisotopic (exact) mass is 428 g/mol. The highest BCUT2D eigenvalue weighted by Crippen LogP contribution is 2.31. The summed E-state index contributed by atoms with van der Waals surface area (Å²) in [6.07, 6.45) is 0. The van der Waals surface area contributed by atoms with Gasteiger partial charge in [0.15, 0.2) is 16.8 Å². The van der Waals surface area contributed by atoms with Crippen LogP contribution in [0.3, 0.4) is 0 Å². The third kappa shape index (κ3) is 4.61. The van der Waals surface area contributed by atoms with Crippen LogP contribution in [0.2, 0.25) is 0 Å². The molecule has 1 aromatic heterocycles. The Morgan fingerprint density at radius 1 is 1.03 bits per heavy atom. The Bertz CT molecular complexity index is 1280. The van der Waals surface area contributed by atoms with Crippen molar-refractivity contribution in [1.82, 2.24) is 10.2 Å². The summed E-state index contributed by atoms with van der Waals surface area (Å²) in [7, 11) is 0. The quantitative estimate of drug-likeness (QED) is 0.416. The summed E-state index contributed by atoms with van der Waals surface area (Å²) < 4.78 is 20.0. The fourth-order valence-corrected chi connectivity index (χ4v) is 3.97. The van der Waals surface area contributed by atoms with Gasteiger partial charge in [-0.3, -0.25) is 0 Å². The molecule has 7 heteroatoms. The molecular formula is C24H20N4O2S. The maximum Gasteiger partial charge on any atom is 0.186 e. The van der Waals surface area contributed by atoms with Gasteiger partial charge in [-0.2, -0.15) is 5.26 Å². The number of nitriles is 1. The van der Waals surface area contributed by atoms with E-state index in [2.05, 4.69) is 21.6 Å². The third-order valence-corrected chi connectivity index (χ3v) is 5.69. The molecule has 154 valence electrons. The van der Waals surface area contributed by atoms with Crippen LogP contribution in [0.25, 0.3) is 22.0 Å². The number of benzene rings is 3. The number of hydrogen-bond acceptors (Lipinski definition) is 5. The van der Waals surface area contributed by atoms with E-state index in [1.807, 2.05) is 79.7 Å². The lowest BCUT2D eigenvalue weighted by Gasteiger charge is -2.18. The number of nitrogens with zero attached hydrogens (tertiary/aromatic N) is 3. The van der Waals surface area contributed by atoms with E-state index >= 15 is 0 Å². The molecule has 0 spiro atoms. The summed E-state index contributed by atoms with van der Waals surface area (Å²) in [5.41, 5.74) is 5.42.